The number of anilines is 2. The third-order valence-electron chi connectivity index (χ3n) is 2.36. The number of nitrogens with one attached hydrogen (secondary N) is 1. The van der Waals surface area contributed by atoms with Crippen LogP contribution in [0.5, 0.6) is 0 Å². The Morgan fingerprint density at radius 2 is 1.79 bits per heavy atom. The van der Waals surface area contributed by atoms with Crippen molar-refractivity contribution in [2.45, 2.75) is 0 Å². The lowest BCUT2D eigenvalue weighted by Crippen LogP contribution is -1.99. The Morgan fingerprint density at radius 3 is 2.47 bits per heavy atom. The van der Waals surface area contributed by atoms with E-state index in [-0.39, 0.29) is 11.3 Å². The molecule has 6 heteroatoms. The molecule has 0 saturated carbocycles. The maximum Gasteiger partial charge on any atom is 0.182 e. The van der Waals surface area contributed by atoms with Crippen LogP contribution < -0.4 is 5.32 Å². The Balaban J connectivity index is 2.47. The molecule has 0 bridgehead atoms. The van der Waals surface area contributed by atoms with Crippen molar-refractivity contribution in [3.05, 3.63) is 58.4 Å². The molecule has 2 rings (SSSR count). The number of rotatable bonds is 2. The highest BCUT2D eigenvalue weighted by molar-refractivity contribution is 6.30. The summed E-state index contributed by atoms with van der Waals surface area (Å²) in [7, 11) is 0. The predicted molar refractivity (Wildman–Crippen MR) is 65.8 cm³/mol. The SMILES string of the molecule is N#Cc1ccc(Cl)cc1Nc1cc(F)cc(F)c1F. The molecule has 0 aromatic heterocycles. The predicted octanol–water partition coefficient (Wildman–Crippen LogP) is 4.37. The van der Waals surface area contributed by atoms with Crippen LogP contribution in [0.25, 0.3) is 0 Å². The van der Waals surface area contributed by atoms with Crippen molar-refractivity contribution in [1.29, 1.82) is 5.26 Å². The van der Waals surface area contributed by atoms with Crippen molar-refractivity contribution < 1.29 is 13.2 Å². The lowest BCUT2D eigenvalue weighted by Gasteiger charge is -2.10. The van der Waals surface area contributed by atoms with Gasteiger partial charge in [-0.05, 0) is 18.2 Å². The molecule has 2 aromatic rings. The zero-order valence-electron chi connectivity index (χ0n) is 9.35. The topological polar surface area (TPSA) is 35.8 Å². The van der Waals surface area contributed by atoms with Crippen molar-refractivity contribution in [3.63, 3.8) is 0 Å². The minimum atomic E-state index is -1.32. The highest BCUT2D eigenvalue weighted by Crippen LogP contribution is 2.27. The van der Waals surface area contributed by atoms with Crippen LogP contribution in [0.3, 0.4) is 0 Å². The van der Waals surface area contributed by atoms with Crippen molar-refractivity contribution in [2.75, 3.05) is 5.32 Å². The second-order valence-corrected chi connectivity index (χ2v) is 4.11. The Bertz CT molecular complexity index is 680. The molecular formula is C13H6ClF3N2. The van der Waals surface area contributed by atoms with Crippen LogP contribution in [0.1, 0.15) is 5.56 Å². The molecule has 0 heterocycles. The molecule has 0 aliphatic heterocycles. The zero-order valence-corrected chi connectivity index (χ0v) is 10.1. The number of hydrogen-bond donors (Lipinski definition) is 1. The Morgan fingerprint density at radius 1 is 1.05 bits per heavy atom. The van der Waals surface area contributed by atoms with E-state index in [1.807, 2.05) is 6.07 Å². The lowest BCUT2D eigenvalue weighted by molar-refractivity contribution is 0.498. The second-order valence-electron chi connectivity index (χ2n) is 3.68. The van der Waals surface area contributed by atoms with E-state index in [1.54, 1.807) is 0 Å². The van der Waals surface area contributed by atoms with Crippen LogP contribution in [-0.2, 0) is 0 Å². The smallest absolute Gasteiger partial charge is 0.182 e. The molecule has 0 spiro atoms. The molecule has 0 aliphatic carbocycles. The minimum absolute atomic E-state index is 0.166. The zero-order chi connectivity index (χ0) is 14.0. The van der Waals surface area contributed by atoms with Gasteiger partial charge in [0.25, 0.3) is 0 Å². The van der Waals surface area contributed by atoms with Gasteiger partial charge in [0.2, 0.25) is 0 Å². The third kappa shape index (κ3) is 2.80. The summed E-state index contributed by atoms with van der Waals surface area (Å²) in [5.74, 6) is -3.48. The van der Waals surface area contributed by atoms with E-state index >= 15 is 0 Å². The summed E-state index contributed by atoms with van der Waals surface area (Å²) in [4.78, 5) is 0. The molecule has 96 valence electrons. The van der Waals surface area contributed by atoms with E-state index in [4.69, 9.17) is 16.9 Å². The highest BCUT2D eigenvalue weighted by Gasteiger charge is 2.13. The molecule has 0 atom stereocenters. The standard InChI is InChI=1S/C13H6ClF3N2/c14-8-2-1-7(6-18)11(3-8)19-12-5-9(15)4-10(16)13(12)17/h1-5,19H. The molecule has 2 nitrogen and oxygen atoms in total. The van der Waals surface area contributed by atoms with E-state index in [0.29, 0.717) is 11.1 Å². The summed E-state index contributed by atoms with van der Waals surface area (Å²) in [5, 5.41) is 11.6. The molecule has 0 fully saturated rings. The number of nitriles is 1. The molecule has 0 aliphatic rings. The minimum Gasteiger partial charge on any atom is -0.352 e. The van der Waals surface area contributed by atoms with Gasteiger partial charge in [0.05, 0.1) is 16.9 Å². The molecular weight excluding hydrogens is 277 g/mol. The summed E-state index contributed by atoms with van der Waals surface area (Å²) in [6, 6.07) is 7.35. The molecule has 0 amide bonds. The molecule has 19 heavy (non-hydrogen) atoms. The molecule has 0 saturated heterocycles. The van der Waals surface area contributed by atoms with E-state index in [1.165, 1.54) is 18.2 Å². The van der Waals surface area contributed by atoms with Crippen LogP contribution >= 0.6 is 11.6 Å². The van der Waals surface area contributed by atoms with Gasteiger partial charge >= 0.3 is 0 Å². The molecule has 0 unspecified atom stereocenters. The molecule has 0 radical (unpaired) electrons. The van der Waals surface area contributed by atoms with Gasteiger partial charge in [0.15, 0.2) is 11.6 Å². The van der Waals surface area contributed by atoms with Crippen LogP contribution in [0.15, 0.2) is 30.3 Å². The average molecular weight is 283 g/mol. The highest BCUT2D eigenvalue weighted by atomic mass is 35.5. The first-order valence-corrected chi connectivity index (χ1v) is 5.50. The first kappa shape index (κ1) is 13.2. The summed E-state index contributed by atoms with van der Waals surface area (Å²) in [6.45, 7) is 0. The summed E-state index contributed by atoms with van der Waals surface area (Å²) in [5.41, 5.74) is -0.0661. The quantitative estimate of drug-likeness (QED) is 0.830. The van der Waals surface area contributed by atoms with Gasteiger partial charge in [0, 0.05) is 17.2 Å². The van der Waals surface area contributed by atoms with Crippen LogP contribution in [0.4, 0.5) is 24.5 Å². The Kier molecular flexibility index (Phi) is 3.63. The summed E-state index contributed by atoms with van der Waals surface area (Å²) in [6.07, 6.45) is 0. The first-order valence-electron chi connectivity index (χ1n) is 5.12. The molecule has 2 aromatic carbocycles. The van der Waals surface area contributed by atoms with Crippen molar-refractivity contribution in [2.24, 2.45) is 0 Å². The normalized spacial score (nSPS) is 10.1. The third-order valence-corrected chi connectivity index (χ3v) is 2.60. The van der Waals surface area contributed by atoms with Gasteiger partial charge < -0.3 is 5.32 Å². The number of hydrogen-bond acceptors (Lipinski definition) is 2. The van der Waals surface area contributed by atoms with Crippen LogP contribution in [0.2, 0.25) is 5.02 Å². The maximum atomic E-state index is 13.5. The van der Waals surface area contributed by atoms with E-state index < -0.39 is 23.1 Å². The van der Waals surface area contributed by atoms with Crippen LogP contribution in [0, 0.1) is 28.8 Å². The van der Waals surface area contributed by atoms with E-state index in [9.17, 15) is 13.2 Å². The van der Waals surface area contributed by atoms with Crippen molar-refractivity contribution >= 4 is 23.0 Å². The van der Waals surface area contributed by atoms with Gasteiger partial charge in [-0.2, -0.15) is 5.26 Å². The van der Waals surface area contributed by atoms with E-state index in [2.05, 4.69) is 5.32 Å². The fraction of sp³-hybridized carbons (Fsp3) is 0. The number of nitrogens with zero attached hydrogens (tertiary/aromatic N) is 1. The monoisotopic (exact) mass is 282 g/mol. The summed E-state index contributed by atoms with van der Waals surface area (Å²) < 4.78 is 39.6. The number of benzene rings is 2. The van der Waals surface area contributed by atoms with Gasteiger partial charge in [-0.3, -0.25) is 0 Å². The fourth-order valence-electron chi connectivity index (χ4n) is 1.51. The Labute approximate surface area is 112 Å². The second kappa shape index (κ2) is 5.21. The maximum absolute atomic E-state index is 13.5. The average Bonchev–Trinajstić information content (AvgIpc) is 2.35. The fourth-order valence-corrected chi connectivity index (χ4v) is 1.68. The van der Waals surface area contributed by atoms with Crippen LogP contribution in [-0.4, -0.2) is 0 Å². The van der Waals surface area contributed by atoms with E-state index in [0.717, 1.165) is 6.07 Å². The molecule has 1 N–H and O–H groups in total. The van der Waals surface area contributed by atoms with Crippen molar-refractivity contribution in [1.82, 2.24) is 0 Å². The Hall–Kier alpha value is -2.19. The first-order chi connectivity index (χ1) is 9.01. The number of halogens is 4. The lowest BCUT2D eigenvalue weighted by atomic mass is 10.2. The van der Waals surface area contributed by atoms with Crippen molar-refractivity contribution in [3.8, 4) is 6.07 Å². The van der Waals surface area contributed by atoms with Gasteiger partial charge in [0.1, 0.15) is 11.9 Å². The van der Waals surface area contributed by atoms with Gasteiger partial charge in [-0.15, -0.1) is 0 Å². The summed E-state index contributed by atoms with van der Waals surface area (Å²) >= 11 is 5.75. The van der Waals surface area contributed by atoms with Gasteiger partial charge in [-0.25, -0.2) is 13.2 Å². The van der Waals surface area contributed by atoms with Gasteiger partial charge in [-0.1, -0.05) is 11.6 Å². The largest absolute Gasteiger partial charge is 0.352 e.